The SMILES string of the molecule is COCCOc1ccc(C#N)c(C(=O)O)c1N. The fraction of sp³-hybridized carbons (Fsp3) is 0.273. The maximum atomic E-state index is 11.0. The highest BCUT2D eigenvalue weighted by Crippen LogP contribution is 2.28. The number of carboxylic acids is 1. The summed E-state index contributed by atoms with van der Waals surface area (Å²) in [5.41, 5.74) is 5.37. The molecule has 0 aromatic heterocycles. The van der Waals surface area contributed by atoms with E-state index in [1.165, 1.54) is 19.2 Å². The molecular formula is C11H12N2O4. The van der Waals surface area contributed by atoms with E-state index in [2.05, 4.69) is 0 Å². The summed E-state index contributed by atoms with van der Waals surface area (Å²) >= 11 is 0. The third-order valence-corrected chi connectivity index (χ3v) is 2.08. The Kier molecular flexibility index (Phi) is 4.31. The zero-order valence-electron chi connectivity index (χ0n) is 9.27. The normalized spacial score (nSPS) is 9.65. The average Bonchev–Trinajstić information content (AvgIpc) is 2.30. The Morgan fingerprint density at radius 2 is 2.24 bits per heavy atom. The maximum Gasteiger partial charge on any atom is 0.339 e. The first-order valence-electron chi connectivity index (χ1n) is 4.79. The van der Waals surface area contributed by atoms with Crippen molar-refractivity contribution >= 4 is 11.7 Å². The van der Waals surface area contributed by atoms with Crippen molar-refractivity contribution in [2.24, 2.45) is 0 Å². The van der Waals surface area contributed by atoms with Crippen molar-refractivity contribution in [3.05, 3.63) is 23.3 Å². The summed E-state index contributed by atoms with van der Waals surface area (Å²) in [7, 11) is 1.52. The highest BCUT2D eigenvalue weighted by Gasteiger charge is 2.17. The molecule has 0 aliphatic heterocycles. The lowest BCUT2D eigenvalue weighted by molar-refractivity contribution is 0.0697. The zero-order valence-corrected chi connectivity index (χ0v) is 9.27. The van der Waals surface area contributed by atoms with Crippen LogP contribution in [0, 0.1) is 11.3 Å². The number of carbonyl (C=O) groups is 1. The number of nitrogens with zero attached hydrogens (tertiary/aromatic N) is 1. The van der Waals surface area contributed by atoms with Crippen LogP contribution in [0.1, 0.15) is 15.9 Å². The van der Waals surface area contributed by atoms with E-state index in [-0.39, 0.29) is 29.2 Å². The van der Waals surface area contributed by atoms with Gasteiger partial charge in [0.05, 0.1) is 17.9 Å². The van der Waals surface area contributed by atoms with E-state index < -0.39 is 5.97 Å². The van der Waals surface area contributed by atoms with Gasteiger partial charge in [-0.1, -0.05) is 0 Å². The van der Waals surface area contributed by atoms with Gasteiger partial charge in [-0.15, -0.1) is 0 Å². The van der Waals surface area contributed by atoms with Crippen molar-refractivity contribution in [1.29, 1.82) is 5.26 Å². The van der Waals surface area contributed by atoms with E-state index in [1.807, 2.05) is 0 Å². The molecule has 0 fully saturated rings. The summed E-state index contributed by atoms with van der Waals surface area (Å²) in [6.07, 6.45) is 0. The second-order valence-corrected chi connectivity index (χ2v) is 3.16. The van der Waals surface area contributed by atoms with Crippen LogP contribution in [0.4, 0.5) is 5.69 Å². The van der Waals surface area contributed by atoms with Gasteiger partial charge in [-0.05, 0) is 12.1 Å². The Hall–Kier alpha value is -2.26. The third kappa shape index (κ3) is 2.86. The molecule has 0 radical (unpaired) electrons. The third-order valence-electron chi connectivity index (χ3n) is 2.08. The molecule has 0 atom stereocenters. The van der Waals surface area contributed by atoms with Gasteiger partial charge in [0, 0.05) is 7.11 Å². The molecule has 0 aliphatic rings. The number of benzene rings is 1. The predicted molar refractivity (Wildman–Crippen MR) is 59.9 cm³/mol. The predicted octanol–water partition coefficient (Wildman–Crippen LogP) is 0.864. The van der Waals surface area contributed by atoms with E-state index in [1.54, 1.807) is 6.07 Å². The van der Waals surface area contributed by atoms with Crippen LogP contribution >= 0.6 is 0 Å². The number of nitriles is 1. The number of rotatable bonds is 5. The standard InChI is InChI=1S/C11H12N2O4/c1-16-4-5-17-8-3-2-7(6-12)9(10(8)13)11(14)15/h2-3H,4-5,13H2,1H3,(H,14,15). The number of anilines is 1. The highest BCUT2D eigenvalue weighted by atomic mass is 16.5. The fourth-order valence-electron chi connectivity index (χ4n) is 1.28. The molecule has 1 aromatic carbocycles. The van der Waals surface area contributed by atoms with Crippen LogP contribution in [0.15, 0.2) is 12.1 Å². The lowest BCUT2D eigenvalue weighted by Crippen LogP contribution is -2.10. The lowest BCUT2D eigenvalue weighted by Gasteiger charge is -2.11. The van der Waals surface area contributed by atoms with Crippen molar-refractivity contribution in [3.63, 3.8) is 0 Å². The lowest BCUT2D eigenvalue weighted by atomic mass is 10.1. The number of hydrogen-bond acceptors (Lipinski definition) is 5. The molecule has 90 valence electrons. The summed E-state index contributed by atoms with van der Waals surface area (Å²) in [4.78, 5) is 11.0. The molecule has 6 nitrogen and oxygen atoms in total. The molecule has 0 unspecified atom stereocenters. The summed E-state index contributed by atoms with van der Waals surface area (Å²) in [5, 5.41) is 17.7. The second-order valence-electron chi connectivity index (χ2n) is 3.16. The van der Waals surface area contributed by atoms with Gasteiger partial charge in [-0.25, -0.2) is 4.79 Å². The molecule has 1 aromatic rings. The molecule has 0 saturated carbocycles. The number of methoxy groups -OCH3 is 1. The van der Waals surface area contributed by atoms with Crippen molar-refractivity contribution in [2.75, 3.05) is 26.1 Å². The molecule has 1 rings (SSSR count). The first-order valence-corrected chi connectivity index (χ1v) is 4.79. The summed E-state index contributed by atoms with van der Waals surface area (Å²) in [6, 6.07) is 4.60. The van der Waals surface area contributed by atoms with Gasteiger partial charge >= 0.3 is 5.97 Å². The van der Waals surface area contributed by atoms with E-state index >= 15 is 0 Å². The van der Waals surface area contributed by atoms with E-state index in [0.717, 1.165) is 0 Å². The first-order chi connectivity index (χ1) is 8.11. The smallest absolute Gasteiger partial charge is 0.339 e. The van der Waals surface area contributed by atoms with Gasteiger partial charge < -0.3 is 20.3 Å². The molecule has 0 aliphatic carbocycles. The van der Waals surface area contributed by atoms with Gasteiger partial charge in [0.1, 0.15) is 24.0 Å². The molecule has 0 bridgehead atoms. The Morgan fingerprint density at radius 3 is 2.76 bits per heavy atom. The van der Waals surface area contributed by atoms with Gasteiger partial charge in [-0.3, -0.25) is 0 Å². The molecule has 0 amide bonds. The minimum atomic E-state index is -1.25. The topological polar surface area (TPSA) is 106 Å². The van der Waals surface area contributed by atoms with Crippen LogP contribution in [0.2, 0.25) is 0 Å². The first kappa shape index (κ1) is 12.8. The monoisotopic (exact) mass is 236 g/mol. The fourth-order valence-corrected chi connectivity index (χ4v) is 1.28. The second kappa shape index (κ2) is 5.72. The molecule has 6 heteroatoms. The van der Waals surface area contributed by atoms with E-state index in [0.29, 0.717) is 6.61 Å². The molecule has 17 heavy (non-hydrogen) atoms. The van der Waals surface area contributed by atoms with Crippen molar-refractivity contribution in [2.45, 2.75) is 0 Å². The summed E-state index contributed by atoms with van der Waals surface area (Å²) < 4.78 is 10.0. The minimum Gasteiger partial charge on any atom is -0.489 e. The molecule has 0 saturated heterocycles. The van der Waals surface area contributed by atoms with Crippen LogP contribution in [0.5, 0.6) is 5.75 Å². The van der Waals surface area contributed by atoms with Crippen LogP contribution in [-0.4, -0.2) is 31.4 Å². The minimum absolute atomic E-state index is 0.00842. The number of aromatic carboxylic acids is 1. The van der Waals surface area contributed by atoms with Crippen LogP contribution in [0.25, 0.3) is 0 Å². The van der Waals surface area contributed by atoms with Crippen LogP contribution in [0.3, 0.4) is 0 Å². The number of carboxylic acid groups (broad SMARTS) is 1. The van der Waals surface area contributed by atoms with Crippen molar-refractivity contribution in [1.82, 2.24) is 0 Å². The summed E-state index contributed by atoms with van der Waals surface area (Å²) in [6.45, 7) is 0.619. The molecule has 3 N–H and O–H groups in total. The zero-order chi connectivity index (χ0) is 12.8. The van der Waals surface area contributed by atoms with E-state index in [4.69, 9.17) is 25.6 Å². The largest absolute Gasteiger partial charge is 0.489 e. The van der Waals surface area contributed by atoms with Gasteiger partial charge in [0.25, 0.3) is 0 Å². The van der Waals surface area contributed by atoms with Crippen LogP contribution in [-0.2, 0) is 4.74 Å². The molecule has 0 spiro atoms. The Balaban J connectivity index is 3.07. The number of nitrogen functional groups attached to an aromatic ring is 1. The summed E-state index contributed by atoms with van der Waals surface area (Å²) in [5.74, 6) is -1.02. The maximum absolute atomic E-state index is 11.0. The Bertz CT molecular complexity index is 465. The molecule has 0 heterocycles. The van der Waals surface area contributed by atoms with Crippen molar-refractivity contribution < 1.29 is 19.4 Å². The number of ether oxygens (including phenoxy) is 2. The van der Waals surface area contributed by atoms with E-state index in [9.17, 15) is 4.79 Å². The van der Waals surface area contributed by atoms with Crippen molar-refractivity contribution in [3.8, 4) is 11.8 Å². The van der Waals surface area contributed by atoms with Gasteiger partial charge in [0.15, 0.2) is 0 Å². The Labute approximate surface area is 98.2 Å². The highest BCUT2D eigenvalue weighted by molar-refractivity contribution is 5.98. The number of hydrogen-bond donors (Lipinski definition) is 2. The van der Waals surface area contributed by atoms with Gasteiger partial charge in [0.2, 0.25) is 0 Å². The average molecular weight is 236 g/mol. The van der Waals surface area contributed by atoms with Gasteiger partial charge in [-0.2, -0.15) is 5.26 Å². The van der Waals surface area contributed by atoms with Crippen LogP contribution < -0.4 is 10.5 Å². The quantitative estimate of drug-likeness (QED) is 0.580. The number of nitrogens with two attached hydrogens (primary N) is 1. The molecular weight excluding hydrogens is 224 g/mol. The Morgan fingerprint density at radius 1 is 1.53 bits per heavy atom.